The highest BCUT2D eigenvalue weighted by atomic mass is 16.5. The largest absolute Gasteiger partial charge is 0.496 e. The molecule has 0 saturated carbocycles. The summed E-state index contributed by atoms with van der Waals surface area (Å²) >= 11 is 0. The van der Waals surface area contributed by atoms with E-state index in [2.05, 4.69) is 19.2 Å². The van der Waals surface area contributed by atoms with Crippen molar-refractivity contribution in [1.82, 2.24) is 10.2 Å². The van der Waals surface area contributed by atoms with Gasteiger partial charge in [-0.05, 0) is 50.8 Å². The molecule has 0 aromatic heterocycles. The molecule has 0 aliphatic carbocycles. The van der Waals surface area contributed by atoms with Crippen LogP contribution in [0.4, 0.5) is 0 Å². The minimum atomic E-state index is -0.0204. The van der Waals surface area contributed by atoms with E-state index in [-0.39, 0.29) is 23.8 Å². The Morgan fingerprint density at radius 2 is 1.89 bits per heavy atom. The van der Waals surface area contributed by atoms with E-state index in [0.29, 0.717) is 31.8 Å². The van der Waals surface area contributed by atoms with Crippen molar-refractivity contribution in [2.75, 3.05) is 20.2 Å². The van der Waals surface area contributed by atoms with Gasteiger partial charge in [0.1, 0.15) is 5.75 Å². The number of piperidine rings is 1. The van der Waals surface area contributed by atoms with Gasteiger partial charge in [0, 0.05) is 36.7 Å². The van der Waals surface area contributed by atoms with Gasteiger partial charge in [0.25, 0.3) is 0 Å². The van der Waals surface area contributed by atoms with E-state index in [9.17, 15) is 9.59 Å². The van der Waals surface area contributed by atoms with Crippen LogP contribution in [0.1, 0.15) is 44.7 Å². The van der Waals surface area contributed by atoms with E-state index in [1.807, 2.05) is 36.9 Å². The number of nitrogens with one attached hydrogen (secondary N) is 1. The molecule has 5 heteroatoms. The molecule has 0 bridgehead atoms. The monoisotopic (exact) mass is 372 g/mol. The minimum Gasteiger partial charge on any atom is -0.496 e. The van der Waals surface area contributed by atoms with E-state index in [1.165, 1.54) is 0 Å². The normalized spacial score (nSPS) is 16.6. The molecule has 2 amide bonds. The number of carbonyl (C=O) groups excluding carboxylic acids is 2. The minimum absolute atomic E-state index is 0.00361. The molecule has 1 fully saturated rings. The van der Waals surface area contributed by atoms with Crippen LogP contribution in [0.2, 0.25) is 0 Å². The summed E-state index contributed by atoms with van der Waals surface area (Å²) in [5.74, 6) is 1.26. The third-order valence-electron chi connectivity index (χ3n) is 5.34. The Bertz CT molecular complexity index is 689. The van der Waals surface area contributed by atoms with Crippen LogP contribution >= 0.6 is 0 Å². The second-order valence-electron chi connectivity index (χ2n) is 7.72. The molecule has 2 rings (SSSR count). The van der Waals surface area contributed by atoms with Crippen molar-refractivity contribution in [2.24, 2.45) is 11.8 Å². The van der Waals surface area contributed by atoms with E-state index >= 15 is 0 Å². The molecular weight excluding hydrogens is 340 g/mol. The van der Waals surface area contributed by atoms with Crippen LogP contribution in [0.25, 0.3) is 6.08 Å². The van der Waals surface area contributed by atoms with Crippen LogP contribution in [0.3, 0.4) is 0 Å². The maximum Gasteiger partial charge on any atom is 0.246 e. The van der Waals surface area contributed by atoms with Gasteiger partial charge in [-0.15, -0.1) is 0 Å². The number of methoxy groups -OCH3 is 1. The van der Waals surface area contributed by atoms with Gasteiger partial charge in [-0.25, -0.2) is 0 Å². The predicted molar refractivity (Wildman–Crippen MR) is 109 cm³/mol. The number of amides is 2. The average molecular weight is 373 g/mol. The van der Waals surface area contributed by atoms with Crippen LogP contribution < -0.4 is 10.1 Å². The van der Waals surface area contributed by atoms with Gasteiger partial charge in [0.05, 0.1) is 7.11 Å². The van der Waals surface area contributed by atoms with Crippen LogP contribution in [0.5, 0.6) is 5.75 Å². The first-order valence-electron chi connectivity index (χ1n) is 9.73. The second kappa shape index (κ2) is 9.58. The predicted octanol–water partition coefficient (Wildman–Crippen LogP) is 3.42. The van der Waals surface area contributed by atoms with Crippen LogP contribution in [-0.4, -0.2) is 43.0 Å². The van der Waals surface area contributed by atoms with Gasteiger partial charge in [-0.3, -0.25) is 9.59 Å². The highest BCUT2D eigenvalue weighted by molar-refractivity contribution is 5.92. The number of nitrogens with zero attached hydrogens (tertiary/aromatic N) is 1. The van der Waals surface area contributed by atoms with Crippen molar-refractivity contribution >= 4 is 17.9 Å². The molecule has 1 N–H and O–H groups in total. The fourth-order valence-electron chi connectivity index (χ4n) is 3.12. The second-order valence-corrected chi connectivity index (χ2v) is 7.72. The van der Waals surface area contributed by atoms with Gasteiger partial charge in [-0.2, -0.15) is 0 Å². The molecule has 1 aliphatic rings. The Morgan fingerprint density at radius 3 is 2.48 bits per heavy atom. The number of hydrogen-bond donors (Lipinski definition) is 1. The standard InChI is InChI=1S/C22H32N2O3/c1-15(2)17(4)23-22(26)18-10-12-24(13-11-18)21(25)9-7-19-14-16(3)6-8-20(19)27-5/h6-9,14-15,17-18H,10-13H2,1-5H3,(H,23,26)/b9-7+. The summed E-state index contributed by atoms with van der Waals surface area (Å²) in [7, 11) is 1.62. The molecular formula is C22H32N2O3. The molecule has 1 unspecified atom stereocenters. The zero-order chi connectivity index (χ0) is 20.0. The van der Waals surface area contributed by atoms with Gasteiger partial charge in [0.2, 0.25) is 11.8 Å². The van der Waals surface area contributed by atoms with Crippen molar-refractivity contribution in [1.29, 1.82) is 0 Å². The summed E-state index contributed by atoms with van der Waals surface area (Å²) in [6, 6.07) is 6.05. The lowest BCUT2D eigenvalue weighted by Crippen LogP contribution is -2.45. The van der Waals surface area contributed by atoms with E-state index in [0.717, 1.165) is 16.9 Å². The Balaban J connectivity index is 1.90. The van der Waals surface area contributed by atoms with Gasteiger partial charge < -0.3 is 15.0 Å². The molecule has 148 valence electrons. The molecule has 1 aliphatic heterocycles. The average Bonchev–Trinajstić information content (AvgIpc) is 2.66. The van der Waals surface area contributed by atoms with E-state index in [4.69, 9.17) is 4.74 Å². The molecule has 1 heterocycles. The fourth-order valence-corrected chi connectivity index (χ4v) is 3.12. The maximum atomic E-state index is 12.5. The molecule has 1 aromatic carbocycles. The molecule has 1 saturated heterocycles. The molecule has 0 radical (unpaired) electrons. The summed E-state index contributed by atoms with van der Waals surface area (Å²) in [6.45, 7) is 9.47. The van der Waals surface area contributed by atoms with Gasteiger partial charge >= 0.3 is 0 Å². The summed E-state index contributed by atoms with van der Waals surface area (Å²) in [6.07, 6.45) is 4.82. The third kappa shape index (κ3) is 5.84. The summed E-state index contributed by atoms with van der Waals surface area (Å²) in [5.41, 5.74) is 2.01. The summed E-state index contributed by atoms with van der Waals surface area (Å²) < 4.78 is 5.35. The Kier molecular flexibility index (Phi) is 7.45. The fraction of sp³-hybridized carbons (Fsp3) is 0.545. The first-order valence-corrected chi connectivity index (χ1v) is 9.73. The van der Waals surface area contributed by atoms with E-state index < -0.39 is 0 Å². The highest BCUT2D eigenvalue weighted by Gasteiger charge is 2.27. The lowest BCUT2D eigenvalue weighted by molar-refractivity contribution is -0.132. The molecule has 5 nitrogen and oxygen atoms in total. The molecule has 1 aromatic rings. The smallest absolute Gasteiger partial charge is 0.246 e. The quantitative estimate of drug-likeness (QED) is 0.779. The first kappa shape index (κ1) is 21.0. The number of benzene rings is 1. The highest BCUT2D eigenvalue weighted by Crippen LogP contribution is 2.22. The molecule has 0 spiro atoms. The first-order chi connectivity index (χ1) is 12.8. The molecule has 27 heavy (non-hydrogen) atoms. The SMILES string of the molecule is COc1ccc(C)cc1/C=C/C(=O)N1CCC(C(=O)NC(C)C(C)C)CC1. The topological polar surface area (TPSA) is 58.6 Å². The van der Waals surface area contributed by atoms with Crippen LogP contribution in [0, 0.1) is 18.8 Å². The Morgan fingerprint density at radius 1 is 1.22 bits per heavy atom. The summed E-state index contributed by atoms with van der Waals surface area (Å²) in [4.78, 5) is 26.7. The lowest BCUT2D eigenvalue weighted by Gasteiger charge is -2.31. The van der Waals surface area contributed by atoms with Crippen molar-refractivity contribution in [2.45, 2.75) is 46.6 Å². The zero-order valence-electron chi connectivity index (χ0n) is 17.1. The van der Waals surface area contributed by atoms with Crippen molar-refractivity contribution in [3.05, 3.63) is 35.4 Å². The van der Waals surface area contributed by atoms with Crippen molar-refractivity contribution in [3.8, 4) is 5.75 Å². The van der Waals surface area contributed by atoms with E-state index in [1.54, 1.807) is 19.3 Å². The van der Waals surface area contributed by atoms with Crippen molar-refractivity contribution in [3.63, 3.8) is 0 Å². The summed E-state index contributed by atoms with van der Waals surface area (Å²) in [5, 5.41) is 3.09. The van der Waals surface area contributed by atoms with Crippen LogP contribution in [0.15, 0.2) is 24.3 Å². The number of aryl methyl sites for hydroxylation is 1. The van der Waals surface area contributed by atoms with Gasteiger partial charge in [0.15, 0.2) is 0 Å². The number of hydrogen-bond acceptors (Lipinski definition) is 3. The maximum absolute atomic E-state index is 12.5. The van der Waals surface area contributed by atoms with Crippen LogP contribution in [-0.2, 0) is 9.59 Å². The van der Waals surface area contributed by atoms with Crippen molar-refractivity contribution < 1.29 is 14.3 Å². The Hall–Kier alpha value is -2.30. The lowest BCUT2D eigenvalue weighted by atomic mass is 9.94. The zero-order valence-corrected chi connectivity index (χ0v) is 17.1. The number of rotatable bonds is 6. The Labute approximate surface area is 162 Å². The number of ether oxygens (including phenoxy) is 1. The third-order valence-corrected chi connectivity index (χ3v) is 5.34. The van der Waals surface area contributed by atoms with Gasteiger partial charge in [-0.1, -0.05) is 25.5 Å². The number of carbonyl (C=O) groups is 2. The number of likely N-dealkylation sites (tertiary alicyclic amines) is 1. The molecule has 1 atom stereocenters.